The Morgan fingerprint density at radius 2 is 2.31 bits per heavy atom. The predicted octanol–water partition coefficient (Wildman–Crippen LogP) is 1.83. The van der Waals surface area contributed by atoms with Gasteiger partial charge in [-0.05, 0) is 19.1 Å². The van der Waals surface area contributed by atoms with Crippen LogP contribution in [0.15, 0.2) is 22.7 Å². The molecular weight excluding hydrogens is 170 g/mol. The highest BCUT2D eigenvalue weighted by Gasteiger charge is 2.14. The van der Waals surface area contributed by atoms with Crippen molar-refractivity contribution < 1.29 is 14.4 Å². The maximum atomic E-state index is 10.7. The van der Waals surface area contributed by atoms with Gasteiger partial charge in [-0.2, -0.15) is 0 Å². The first kappa shape index (κ1) is 7.79. The number of rotatable bonds is 1. The lowest BCUT2D eigenvalue weighted by Gasteiger charge is -1.90. The third kappa shape index (κ3) is 1.16. The van der Waals surface area contributed by atoms with Crippen LogP contribution in [0.3, 0.4) is 0 Å². The first-order valence-corrected chi connectivity index (χ1v) is 3.78. The third-order valence-electron chi connectivity index (χ3n) is 1.83. The smallest absolute Gasteiger partial charge is 0.358 e. The molecule has 2 rings (SSSR count). The number of carboxylic acids is 1. The molecule has 1 aromatic heterocycles. The molecule has 0 aliphatic rings. The summed E-state index contributed by atoms with van der Waals surface area (Å²) in [5, 5.41) is 12.8. The lowest BCUT2D eigenvalue weighted by Crippen LogP contribution is -1.96. The SMILES string of the molecule is Cc1ccc2onc(C(=O)O)c2c1. The van der Waals surface area contributed by atoms with Crippen LogP contribution in [0.4, 0.5) is 0 Å². The number of carboxylic acid groups (broad SMARTS) is 1. The monoisotopic (exact) mass is 177 g/mol. The van der Waals surface area contributed by atoms with Crippen LogP contribution in [-0.2, 0) is 0 Å². The standard InChI is InChI=1S/C9H7NO3/c1-5-2-3-7-6(4-5)8(9(11)12)10-13-7/h2-4H,1H3,(H,11,12). The summed E-state index contributed by atoms with van der Waals surface area (Å²) in [6.45, 7) is 1.89. The van der Waals surface area contributed by atoms with E-state index in [4.69, 9.17) is 9.63 Å². The van der Waals surface area contributed by atoms with Crippen molar-refractivity contribution in [1.82, 2.24) is 5.16 Å². The molecule has 0 radical (unpaired) electrons. The normalized spacial score (nSPS) is 10.5. The Labute approximate surface area is 73.8 Å². The fourth-order valence-corrected chi connectivity index (χ4v) is 1.21. The molecule has 1 heterocycles. The summed E-state index contributed by atoms with van der Waals surface area (Å²) in [7, 11) is 0. The van der Waals surface area contributed by atoms with E-state index in [0.29, 0.717) is 11.0 Å². The summed E-state index contributed by atoms with van der Waals surface area (Å²) >= 11 is 0. The van der Waals surface area contributed by atoms with E-state index in [-0.39, 0.29) is 5.69 Å². The molecule has 13 heavy (non-hydrogen) atoms. The number of aromatic nitrogens is 1. The summed E-state index contributed by atoms with van der Waals surface area (Å²) in [6, 6.07) is 5.30. The van der Waals surface area contributed by atoms with Crippen LogP contribution in [-0.4, -0.2) is 16.2 Å². The quantitative estimate of drug-likeness (QED) is 0.721. The molecule has 2 aromatic rings. The highest BCUT2D eigenvalue weighted by Crippen LogP contribution is 2.19. The van der Waals surface area contributed by atoms with Crippen LogP contribution in [0.2, 0.25) is 0 Å². The average molecular weight is 177 g/mol. The van der Waals surface area contributed by atoms with E-state index in [2.05, 4.69) is 5.16 Å². The predicted molar refractivity (Wildman–Crippen MR) is 45.7 cm³/mol. The molecule has 1 N–H and O–H groups in total. The third-order valence-corrected chi connectivity index (χ3v) is 1.83. The second-order valence-electron chi connectivity index (χ2n) is 2.84. The van der Waals surface area contributed by atoms with Crippen molar-refractivity contribution in [1.29, 1.82) is 0 Å². The molecule has 0 fully saturated rings. The lowest BCUT2D eigenvalue weighted by molar-refractivity contribution is 0.0688. The van der Waals surface area contributed by atoms with Gasteiger partial charge in [-0.3, -0.25) is 0 Å². The largest absolute Gasteiger partial charge is 0.476 e. The number of aryl methyl sites for hydroxylation is 1. The summed E-state index contributed by atoms with van der Waals surface area (Å²) in [5.41, 5.74) is 1.46. The van der Waals surface area contributed by atoms with Crippen LogP contribution in [0, 0.1) is 6.92 Å². The van der Waals surface area contributed by atoms with E-state index in [1.54, 1.807) is 12.1 Å². The Morgan fingerprint density at radius 3 is 3.00 bits per heavy atom. The zero-order valence-corrected chi connectivity index (χ0v) is 6.94. The number of benzene rings is 1. The van der Waals surface area contributed by atoms with E-state index in [1.165, 1.54) is 0 Å². The van der Waals surface area contributed by atoms with Gasteiger partial charge in [0.15, 0.2) is 11.3 Å². The minimum Gasteiger partial charge on any atom is -0.476 e. The molecule has 0 atom stereocenters. The van der Waals surface area contributed by atoms with Gasteiger partial charge >= 0.3 is 5.97 Å². The van der Waals surface area contributed by atoms with Crippen molar-refractivity contribution in [2.75, 3.05) is 0 Å². The first-order chi connectivity index (χ1) is 6.18. The molecule has 0 amide bonds. The highest BCUT2D eigenvalue weighted by atomic mass is 16.5. The Bertz CT molecular complexity index is 473. The van der Waals surface area contributed by atoms with Crippen molar-refractivity contribution in [3.63, 3.8) is 0 Å². The number of nitrogens with zero attached hydrogens (tertiary/aromatic N) is 1. The van der Waals surface area contributed by atoms with Gasteiger partial charge in [0.1, 0.15) is 0 Å². The van der Waals surface area contributed by atoms with Crippen LogP contribution < -0.4 is 0 Å². The molecule has 4 heteroatoms. The molecule has 0 saturated carbocycles. The van der Waals surface area contributed by atoms with E-state index in [0.717, 1.165) is 5.56 Å². The maximum Gasteiger partial charge on any atom is 0.358 e. The summed E-state index contributed by atoms with van der Waals surface area (Å²) < 4.78 is 4.83. The van der Waals surface area contributed by atoms with Crippen LogP contribution in [0.5, 0.6) is 0 Å². The molecule has 0 saturated heterocycles. The Hall–Kier alpha value is -1.84. The first-order valence-electron chi connectivity index (χ1n) is 3.78. The molecule has 0 bridgehead atoms. The van der Waals surface area contributed by atoms with Gasteiger partial charge in [0.25, 0.3) is 0 Å². The van der Waals surface area contributed by atoms with Gasteiger partial charge in [-0.1, -0.05) is 16.8 Å². The molecule has 4 nitrogen and oxygen atoms in total. The fourth-order valence-electron chi connectivity index (χ4n) is 1.21. The number of carbonyl (C=O) groups is 1. The number of hydrogen-bond acceptors (Lipinski definition) is 3. The van der Waals surface area contributed by atoms with E-state index in [9.17, 15) is 4.79 Å². The van der Waals surface area contributed by atoms with Gasteiger partial charge in [0.2, 0.25) is 0 Å². The minimum absolute atomic E-state index is 0.0290. The molecule has 0 unspecified atom stereocenters. The molecule has 0 spiro atoms. The van der Waals surface area contributed by atoms with Gasteiger partial charge in [0, 0.05) is 0 Å². The van der Waals surface area contributed by atoms with E-state index < -0.39 is 5.97 Å². The second kappa shape index (κ2) is 2.58. The molecule has 0 aliphatic heterocycles. The van der Waals surface area contributed by atoms with E-state index >= 15 is 0 Å². The van der Waals surface area contributed by atoms with Gasteiger partial charge < -0.3 is 9.63 Å². The second-order valence-corrected chi connectivity index (χ2v) is 2.84. The van der Waals surface area contributed by atoms with Crippen LogP contribution >= 0.6 is 0 Å². The van der Waals surface area contributed by atoms with Crippen LogP contribution in [0.1, 0.15) is 16.1 Å². The fraction of sp³-hybridized carbons (Fsp3) is 0.111. The Balaban J connectivity index is 2.79. The van der Waals surface area contributed by atoms with Crippen molar-refractivity contribution in [3.05, 3.63) is 29.5 Å². The van der Waals surface area contributed by atoms with E-state index in [1.807, 2.05) is 13.0 Å². The zero-order valence-electron chi connectivity index (χ0n) is 6.94. The highest BCUT2D eigenvalue weighted by molar-refractivity contribution is 6.00. The Morgan fingerprint density at radius 1 is 1.54 bits per heavy atom. The van der Waals surface area contributed by atoms with Crippen molar-refractivity contribution >= 4 is 16.9 Å². The maximum absolute atomic E-state index is 10.7. The lowest BCUT2D eigenvalue weighted by atomic mass is 10.1. The number of aromatic carboxylic acids is 1. The summed E-state index contributed by atoms with van der Waals surface area (Å²) in [6.07, 6.45) is 0. The topological polar surface area (TPSA) is 63.3 Å². The summed E-state index contributed by atoms with van der Waals surface area (Å²) in [5.74, 6) is -1.07. The van der Waals surface area contributed by atoms with Gasteiger partial charge in [-0.15, -0.1) is 0 Å². The van der Waals surface area contributed by atoms with Gasteiger partial charge in [0.05, 0.1) is 5.39 Å². The van der Waals surface area contributed by atoms with Crippen LogP contribution in [0.25, 0.3) is 11.0 Å². The molecular formula is C9H7NO3. The van der Waals surface area contributed by atoms with Gasteiger partial charge in [-0.25, -0.2) is 4.79 Å². The average Bonchev–Trinajstić information content (AvgIpc) is 2.46. The molecule has 0 aliphatic carbocycles. The van der Waals surface area contributed by atoms with Crippen molar-refractivity contribution in [3.8, 4) is 0 Å². The molecule has 66 valence electrons. The van der Waals surface area contributed by atoms with Crippen molar-refractivity contribution in [2.45, 2.75) is 6.92 Å². The Kier molecular flexibility index (Phi) is 1.55. The van der Waals surface area contributed by atoms with Crippen molar-refractivity contribution in [2.24, 2.45) is 0 Å². The summed E-state index contributed by atoms with van der Waals surface area (Å²) in [4.78, 5) is 10.7. The number of fused-ring (bicyclic) bond motifs is 1. The molecule has 1 aromatic carbocycles. The minimum atomic E-state index is -1.07. The zero-order chi connectivity index (χ0) is 9.42. The number of hydrogen-bond donors (Lipinski definition) is 1.